The summed E-state index contributed by atoms with van der Waals surface area (Å²) in [4.78, 5) is 4.39. The van der Waals surface area contributed by atoms with Crippen molar-refractivity contribution in [3.8, 4) is 0 Å². The van der Waals surface area contributed by atoms with Crippen molar-refractivity contribution < 1.29 is 4.74 Å². The third-order valence-corrected chi connectivity index (χ3v) is 3.01. The van der Waals surface area contributed by atoms with Gasteiger partial charge < -0.3 is 14.6 Å². The molecular weight excluding hydrogens is 214 g/mol. The highest BCUT2D eigenvalue weighted by atomic mass is 16.5. The second-order valence-corrected chi connectivity index (χ2v) is 4.50. The van der Waals surface area contributed by atoms with Gasteiger partial charge in [-0.25, -0.2) is 4.98 Å². The average molecular weight is 239 g/mol. The minimum atomic E-state index is 0.309. The maximum Gasteiger partial charge on any atom is 0.203 e. The standard InChI is InChI=1S/C13H25N3O/c1-5-7-12(6-2)15-13-14-8-9-16(13)11(3)10-17-4/h8-9,11-12H,5-7,10H2,1-4H3,(H,14,15). The molecule has 0 saturated heterocycles. The van der Waals surface area contributed by atoms with Crippen LogP contribution in [0.5, 0.6) is 0 Å². The Bertz CT molecular complexity index is 311. The molecule has 4 heteroatoms. The fraction of sp³-hybridized carbons (Fsp3) is 0.769. The second-order valence-electron chi connectivity index (χ2n) is 4.50. The fourth-order valence-electron chi connectivity index (χ4n) is 2.01. The van der Waals surface area contributed by atoms with Gasteiger partial charge in [-0.1, -0.05) is 20.3 Å². The van der Waals surface area contributed by atoms with Crippen molar-refractivity contribution in [2.75, 3.05) is 19.0 Å². The van der Waals surface area contributed by atoms with Crippen molar-refractivity contribution in [3.05, 3.63) is 12.4 Å². The number of imidazole rings is 1. The molecule has 0 radical (unpaired) electrons. The molecule has 0 amide bonds. The van der Waals surface area contributed by atoms with E-state index in [1.54, 1.807) is 7.11 Å². The number of hydrogen-bond acceptors (Lipinski definition) is 3. The smallest absolute Gasteiger partial charge is 0.203 e. The van der Waals surface area contributed by atoms with Crippen molar-refractivity contribution >= 4 is 5.95 Å². The van der Waals surface area contributed by atoms with Gasteiger partial charge in [-0.3, -0.25) is 0 Å². The Morgan fingerprint density at radius 1 is 1.47 bits per heavy atom. The predicted molar refractivity (Wildman–Crippen MR) is 71.4 cm³/mol. The molecule has 0 aliphatic carbocycles. The molecule has 0 spiro atoms. The highest BCUT2D eigenvalue weighted by Gasteiger charge is 2.12. The molecule has 1 N–H and O–H groups in total. The van der Waals surface area contributed by atoms with E-state index in [2.05, 4.69) is 35.6 Å². The zero-order valence-corrected chi connectivity index (χ0v) is 11.4. The number of nitrogens with one attached hydrogen (secondary N) is 1. The Hall–Kier alpha value is -1.03. The van der Waals surface area contributed by atoms with E-state index in [0.29, 0.717) is 18.7 Å². The van der Waals surface area contributed by atoms with Gasteiger partial charge in [0.1, 0.15) is 0 Å². The third-order valence-electron chi connectivity index (χ3n) is 3.01. The van der Waals surface area contributed by atoms with Gasteiger partial charge in [-0.2, -0.15) is 0 Å². The van der Waals surface area contributed by atoms with Crippen LogP contribution in [0.2, 0.25) is 0 Å². The Morgan fingerprint density at radius 2 is 2.24 bits per heavy atom. The number of aromatic nitrogens is 2. The number of rotatable bonds is 8. The van der Waals surface area contributed by atoms with E-state index in [-0.39, 0.29) is 0 Å². The molecule has 1 aromatic heterocycles. The summed E-state index contributed by atoms with van der Waals surface area (Å²) in [6.07, 6.45) is 7.35. The van der Waals surface area contributed by atoms with Crippen molar-refractivity contribution in [1.82, 2.24) is 9.55 Å². The van der Waals surface area contributed by atoms with Gasteiger partial charge in [-0.05, 0) is 19.8 Å². The van der Waals surface area contributed by atoms with Crippen molar-refractivity contribution in [1.29, 1.82) is 0 Å². The van der Waals surface area contributed by atoms with Gasteiger partial charge >= 0.3 is 0 Å². The first-order valence-electron chi connectivity index (χ1n) is 6.51. The molecule has 0 fully saturated rings. The van der Waals surface area contributed by atoms with E-state index >= 15 is 0 Å². The van der Waals surface area contributed by atoms with Crippen LogP contribution in [-0.2, 0) is 4.74 Å². The molecule has 4 nitrogen and oxygen atoms in total. The Kier molecular flexibility index (Phi) is 6.05. The lowest BCUT2D eigenvalue weighted by atomic mass is 10.1. The lowest BCUT2D eigenvalue weighted by Crippen LogP contribution is -2.22. The molecule has 1 heterocycles. The minimum Gasteiger partial charge on any atom is -0.383 e. The first-order chi connectivity index (χ1) is 8.22. The van der Waals surface area contributed by atoms with E-state index in [1.165, 1.54) is 12.8 Å². The summed E-state index contributed by atoms with van der Waals surface area (Å²) in [5.41, 5.74) is 0. The largest absolute Gasteiger partial charge is 0.383 e. The Balaban J connectivity index is 2.67. The van der Waals surface area contributed by atoms with Crippen LogP contribution < -0.4 is 5.32 Å². The molecule has 1 aromatic rings. The molecule has 0 bridgehead atoms. The van der Waals surface area contributed by atoms with Crippen LogP contribution in [0.4, 0.5) is 5.95 Å². The number of ether oxygens (including phenoxy) is 1. The number of methoxy groups -OCH3 is 1. The number of hydrogen-bond donors (Lipinski definition) is 1. The molecule has 0 aliphatic heterocycles. The summed E-state index contributed by atoms with van der Waals surface area (Å²) < 4.78 is 7.33. The monoisotopic (exact) mass is 239 g/mol. The van der Waals surface area contributed by atoms with E-state index in [4.69, 9.17) is 4.74 Å². The number of anilines is 1. The summed E-state index contributed by atoms with van der Waals surface area (Å²) >= 11 is 0. The topological polar surface area (TPSA) is 39.1 Å². The normalized spacial score (nSPS) is 14.6. The van der Waals surface area contributed by atoms with Crippen molar-refractivity contribution in [2.45, 2.75) is 52.1 Å². The summed E-state index contributed by atoms with van der Waals surface area (Å²) in [6, 6.07) is 0.819. The van der Waals surface area contributed by atoms with Crippen LogP contribution in [0.3, 0.4) is 0 Å². The molecule has 98 valence electrons. The maximum atomic E-state index is 5.18. The zero-order valence-electron chi connectivity index (χ0n) is 11.4. The Morgan fingerprint density at radius 3 is 2.82 bits per heavy atom. The highest BCUT2D eigenvalue weighted by molar-refractivity contribution is 5.28. The van der Waals surface area contributed by atoms with Gasteiger partial charge in [0.15, 0.2) is 0 Å². The average Bonchev–Trinajstić information content (AvgIpc) is 2.77. The van der Waals surface area contributed by atoms with Gasteiger partial charge in [0.05, 0.1) is 12.6 Å². The highest BCUT2D eigenvalue weighted by Crippen LogP contribution is 2.16. The predicted octanol–water partition coefficient (Wildman–Crippen LogP) is 3.08. The van der Waals surface area contributed by atoms with Crippen LogP contribution in [0.25, 0.3) is 0 Å². The minimum absolute atomic E-state index is 0.309. The van der Waals surface area contributed by atoms with Crippen molar-refractivity contribution in [2.24, 2.45) is 0 Å². The first-order valence-corrected chi connectivity index (χ1v) is 6.51. The summed E-state index contributed by atoms with van der Waals surface area (Å²) in [6.45, 7) is 7.26. The van der Waals surface area contributed by atoms with Gasteiger partial charge in [-0.15, -0.1) is 0 Å². The summed E-state index contributed by atoms with van der Waals surface area (Å²) in [5, 5.41) is 3.51. The van der Waals surface area contributed by atoms with Crippen LogP contribution in [0, 0.1) is 0 Å². The Labute approximate surface area is 104 Å². The van der Waals surface area contributed by atoms with Crippen LogP contribution in [0.1, 0.15) is 46.1 Å². The SMILES string of the molecule is CCCC(CC)Nc1nccn1C(C)COC. The molecule has 0 aromatic carbocycles. The van der Waals surface area contributed by atoms with Gasteiger partial charge in [0.2, 0.25) is 5.95 Å². The fourth-order valence-corrected chi connectivity index (χ4v) is 2.01. The quantitative estimate of drug-likeness (QED) is 0.757. The van der Waals surface area contributed by atoms with Crippen LogP contribution in [-0.4, -0.2) is 29.3 Å². The zero-order chi connectivity index (χ0) is 12.7. The van der Waals surface area contributed by atoms with Gasteiger partial charge in [0, 0.05) is 25.5 Å². The molecule has 0 saturated carbocycles. The molecule has 0 aliphatic rings. The molecular formula is C13H25N3O. The maximum absolute atomic E-state index is 5.18. The van der Waals surface area contributed by atoms with Crippen LogP contribution >= 0.6 is 0 Å². The molecule has 2 unspecified atom stereocenters. The lowest BCUT2D eigenvalue weighted by molar-refractivity contribution is 0.163. The van der Waals surface area contributed by atoms with E-state index in [1.807, 2.05) is 12.4 Å². The first kappa shape index (κ1) is 14.0. The lowest BCUT2D eigenvalue weighted by Gasteiger charge is -2.20. The van der Waals surface area contributed by atoms with Crippen LogP contribution in [0.15, 0.2) is 12.4 Å². The molecule has 1 rings (SSSR count). The number of nitrogens with zero attached hydrogens (tertiary/aromatic N) is 2. The second kappa shape index (κ2) is 7.33. The summed E-state index contributed by atoms with van der Waals surface area (Å²) in [5.74, 6) is 0.954. The van der Waals surface area contributed by atoms with Gasteiger partial charge in [0.25, 0.3) is 0 Å². The van der Waals surface area contributed by atoms with E-state index in [9.17, 15) is 0 Å². The van der Waals surface area contributed by atoms with E-state index < -0.39 is 0 Å². The van der Waals surface area contributed by atoms with Crippen molar-refractivity contribution in [3.63, 3.8) is 0 Å². The molecule has 2 atom stereocenters. The van der Waals surface area contributed by atoms with E-state index in [0.717, 1.165) is 12.4 Å². The third kappa shape index (κ3) is 4.04. The molecule has 17 heavy (non-hydrogen) atoms. The summed E-state index contributed by atoms with van der Waals surface area (Å²) in [7, 11) is 1.73.